The first-order valence-electron chi connectivity index (χ1n) is 6.67. The van der Waals surface area contributed by atoms with Crippen LogP contribution in [-0.4, -0.2) is 56.0 Å². The van der Waals surface area contributed by atoms with Crippen LogP contribution in [0.15, 0.2) is 0 Å². The highest BCUT2D eigenvalue weighted by Gasteiger charge is 2.30. The van der Waals surface area contributed by atoms with Crippen molar-refractivity contribution in [2.75, 3.05) is 24.6 Å². The van der Waals surface area contributed by atoms with Crippen LogP contribution in [0.4, 0.5) is 0 Å². The van der Waals surface area contributed by atoms with Gasteiger partial charge in [0.05, 0.1) is 11.5 Å². The highest BCUT2D eigenvalue weighted by atomic mass is 32.2. The molecule has 2 fully saturated rings. The lowest BCUT2D eigenvalue weighted by molar-refractivity contribution is 0.160. The van der Waals surface area contributed by atoms with Crippen LogP contribution in [0.5, 0.6) is 0 Å². The second-order valence-electron chi connectivity index (χ2n) is 5.57. The zero-order valence-corrected chi connectivity index (χ0v) is 11.7. The zero-order valence-electron chi connectivity index (χ0n) is 10.9. The van der Waals surface area contributed by atoms with Crippen LogP contribution in [0.3, 0.4) is 0 Å². The van der Waals surface area contributed by atoms with Gasteiger partial charge in [-0.05, 0) is 39.7 Å². The highest BCUT2D eigenvalue weighted by molar-refractivity contribution is 7.91. The number of nitrogens with one attached hydrogen (secondary N) is 1. The van der Waals surface area contributed by atoms with Gasteiger partial charge in [0, 0.05) is 24.7 Å². The monoisotopic (exact) mass is 260 g/mol. The Kier molecular flexibility index (Phi) is 4.10. The van der Waals surface area contributed by atoms with Crippen LogP contribution in [0.1, 0.15) is 33.1 Å². The summed E-state index contributed by atoms with van der Waals surface area (Å²) in [5, 5.41) is 3.51. The molecule has 1 saturated carbocycles. The minimum atomic E-state index is -2.78. The molecule has 17 heavy (non-hydrogen) atoms. The smallest absolute Gasteiger partial charge is 0.153 e. The molecule has 0 aromatic rings. The molecule has 5 heteroatoms. The standard InChI is InChI=1S/C12H24N2O2S/c1-10(5-6-13-12-3-4-12)14-7-8-17(15,16)9-11(14)2/h10-13H,3-9H2,1-2H3. The van der Waals surface area contributed by atoms with E-state index in [2.05, 4.69) is 17.1 Å². The van der Waals surface area contributed by atoms with Crippen molar-refractivity contribution >= 4 is 9.84 Å². The molecule has 2 rings (SSSR count). The van der Waals surface area contributed by atoms with Gasteiger partial charge in [-0.2, -0.15) is 0 Å². The molecule has 1 aliphatic carbocycles. The lowest BCUT2D eigenvalue weighted by Gasteiger charge is -2.37. The normalized spacial score (nSPS) is 31.3. The van der Waals surface area contributed by atoms with E-state index in [1.807, 2.05) is 6.92 Å². The predicted octanol–water partition coefficient (Wildman–Crippen LogP) is 0.636. The molecule has 100 valence electrons. The molecule has 0 bridgehead atoms. The lowest BCUT2D eigenvalue weighted by Crippen LogP contribution is -2.51. The Morgan fingerprint density at radius 2 is 2.12 bits per heavy atom. The first-order valence-corrected chi connectivity index (χ1v) is 8.49. The molecule has 2 atom stereocenters. The van der Waals surface area contributed by atoms with Gasteiger partial charge < -0.3 is 5.32 Å². The molecule has 0 spiro atoms. The lowest BCUT2D eigenvalue weighted by atomic mass is 10.1. The van der Waals surface area contributed by atoms with E-state index in [4.69, 9.17) is 0 Å². The van der Waals surface area contributed by atoms with Crippen molar-refractivity contribution in [3.8, 4) is 0 Å². The van der Waals surface area contributed by atoms with Gasteiger partial charge >= 0.3 is 0 Å². The third-order valence-electron chi connectivity index (χ3n) is 3.86. The minimum absolute atomic E-state index is 0.171. The Balaban J connectivity index is 1.75. The maximum Gasteiger partial charge on any atom is 0.153 e. The second-order valence-corrected chi connectivity index (χ2v) is 7.80. The van der Waals surface area contributed by atoms with Gasteiger partial charge in [0.25, 0.3) is 0 Å². The van der Waals surface area contributed by atoms with Crippen LogP contribution in [0, 0.1) is 0 Å². The van der Waals surface area contributed by atoms with Crippen molar-refractivity contribution in [2.45, 2.75) is 51.2 Å². The van der Waals surface area contributed by atoms with E-state index in [1.165, 1.54) is 12.8 Å². The molecular weight excluding hydrogens is 236 g/mol. The van der Waals surface area contributed by atoms with E-state index in [0.29, 0.717) is 24.1 Å². The van der Waals surface area contributed by atoms with Crippen LogP contribution in [0.2, 0.25) is 0 Å². The second kappa shape index (κ2) is 5.24. The maximum absolute atomic E-state index is 11.5. The topological polar surface area (TPSA) is 49.4 Å². The number of rotatable bonds is 5. The molecule has 2 unspecified atom stereocenters. The van der Waals surface area contributed by atoms with E-state index >= 15 is 0 Å². The van der Waals surface area contributed by atoms with E-state index in [0.717, 1.165) is 19.0 Å². The molecule has 0 aromatic carbocycles. The van der Waals surface area contributed by atoms with Crippen molar-refractivity contribution in [2.24, 2.45) is 0 Å². The Morgan fingerprint density at radius 1 is 1.41 bits per heavy atom. The summed E-state index contributed by atoms with van der Waals surface area (Å²) in [7, 11) is -2.78. The molecule has 2 aliphatic rings. The van der Waals surface area contributed by atoms with Crippen LogP contribution in [-0.2, 0) is 9.84 Å². The molecule has 1 aliphatic heterocycles. The molecule has 1 N–H and O–H groups in total. The Morgan fingerprint density at radius 3 is 2.71 bits per heavy atom. The van der Waals surface area contributed by atoms with Gasteiger partial charge in [-0.25, -0.2) is 8.42 Å². The summed E-state index contributed by atoms with van der Waals surface area (Å²) in [5.74, 6) is 0.658. The van der Waals surface area contributed by atoms with Crippen molar-refractivity contribution in [3.05, 3.63) is 0 Å². The fraction of sp³-hybridized carbons (Fsp3) is 1.00. The number of hydrogen-bond acceptors (Lipinski definition) is 4. The highest BCUT2D eigenvalue weighted by Crippen LogP contribution is 2.19. The van der Waals surface area contributed by atoms with E-state index in [9.17, 15) is 8.42 Å². The average molecular weight is 260 g/mol. The van der Waals surface area contributed by atoms with Crippen molar-refractivity contribution < 1.29 is 8.42 Å². The zero-order chi connectivity index (χ0) is 12.5. The van der Waals surface area contributed by atoms with Crippen molar-refractivity contribution in [1.82, 2.24) is 10.2 Å². The summed E-state index contributed by atoms with van der Waals surface area (Å²) >= 11 is 0. The summed E-state index contributed by atoms with van der Waals surface area (Å²) in [5.41, 5.74) is 0. The van der Waals surface area contributed by atoms with Gasteiger partial charge in [-0.15, -0.1) is 0 Å². The summed E-state index contributed by atoms with van der Waals surface area (Å²) in [4.78, 5) is 2.34. The average Bonchev–Trinajstić information content (AvgIpc) is 2.99. The Hall–Kier alpha value is -0.130. The van der Waals surface area contributed by atoms with Gasteiger partial charge in [0.15, 0.2) is 9.84 Å². The van der Waals surface area contributed by atoms with E-state index in [1.54, 1.807) is 0 Å². The summed E-state index contributed by atoms with van der Waals surface area (Å²) in [6, 6.07) is 1.41. The fourth-order valence-corrected chi connectivity index (χ4v) is 4.20. The molecule has 0 aromatic heterocycles. The van der Waals surface area contributed by atoms with Gasteiger partial charge in [-0.1, -0.05) is 0 Å². The van der Waals surface area contributed by atoms with Gasteiger partial charge in [0.2, 0.25) is 0 Å². The van der Waals surface area contributed by atoms with Gasteiger partial charge in [0.1, 0.15) is 0 Å². The molecule has 0 radical (unpaired) electrons. The Bertz CT molecular complexity index is 352. The largest absolute Gasteiger partial charge is 0.314 e. The first-order chi connectivity index (χ1) is 7.98. The first kappa shape index (κ1) is 13.3. The predicted molar refractivity (Wildman–Crippen MR) is 69.9 cm³/mol. The van der Waals surface area contributed by atoms with Crippen molar-refractivity contribution in [1.29, 1.82) is 0 Å². The van der Waals surface area contributed by atoms with Crippen LogP contribution >= 0.6 is 0 Å². The van der Waals surface area contributed by atoms with Crippen molar-refractivity contribution in [3.63, 3.8) is 0 Å². The molecule has 1 saturated heterocycles. The molecular formula is C12H24N2O2S. The van der Waals surface area contributed by atoms with Crippen LogP contribution in [0.25, 0.3) is 0 Å². The molecule has 4 nitrogen and oxygen atoms in total. The quantitative estimate of drug-likeness (QED) is 0.788. The molecule has 0 amide bonds. The number of nitrogens with zero attached hydrogens (tertiary/aromatic N) is 1. The third kappa shape index (κ3) is 3.93. The SMILES string of the molecule is CC(CCNC1CC1)N1CCS(=O)(=O)CC1C. The van der Waals surface area contributed by atoms with E-state index < -0.39 is 9.84 Å². The van der Waals surface area contributed by atoms with Gasteiger partial charge in [-0.3, -0.25) is 4.90 Å². The summed E-state index contributed by atoms with van der Waals surface area (Å²) < 4.78 is 23.0. The van der Waals surface area contributed by atoms with Crippen LogP contribution < -0.4 is 5.32 Å². The summed E-state index contributed by atoms with van der Waals surface area (Å²) in [6.07, 6.45) is 3.76. The van der Waals surface area contributed by atoms with E-state index in [-0.39, 0.29) is 6.04 Å². The minimum Gasteiger partial charge on any atom is -0.314 e. The number of hydrogen-bond donors (Lipinski definition) is 1. The number of sulfone groups is 1. The third-order valence-corrected chi connectivity index (χ3v) is 5.66. The fourth-order valence-electron chi connectivity index (χ4n) is 2.62. The maximum atomic E-state index is 11.5. The Labute approximate surface area is 105 Å². The summed E-state index contributed by atoms with van der Waals surface area (Å²) in [6.45, 7) is 6.00. The molecule has 1 heterocycles.